The lowest BCUT2D eigenvalue weighted by molar-refractivity contribution is -0.118. The number of carbonyl (C=O) groups excluding carboxylic acids is 2. The summed E-state index contributed by atoms with van der Waals surface area (Å²) in [5.41, 5.74) is 2.29. The van der Waals surface area contributed by atoms with E-state index in [-0.39, 0.29) is 23.1 Å². The van der Waals surface area contributed by atoms with E-state index in [1.165, 1.54) is 6.42 Å². The van der Waals surface area contributed by atoms with Gasteiger partial charge < -0.3 is 10.2 Å². The Morgan fingerprint density at radius 3 is 2.50 bits per heavy atom. The first kappa shape index (κ1) is 20.2. The molecule has 0 bridgehead atoms. The fraction of sp³-hybridized carbons (Fsp3) is 0.292. The summed E-state index contributed by atoms with van der Waals surface area (Å²) >= 11 is 5.97. The largest absolute Gasteiger partial charge is 0.349 e. The third-order valence-electron chi connectivity index (χ3n) is 5.71. The average molecular weight is 420 g/mol. The number of nitrogens with zero attached hydrogens (tertiary/aromatic N) is 2. The number of amides is 2. The van der Waals surface area contributed by atoms with Crippen LogP contribution in [0.3, 0.4) is 0 Å². The third-order valence-corrected chi connectivity index (χ3v) is 5.96. The number of fused-ring (bicyclic) bond motifs is 1. The molecule has 0 radical (unpaired) electrons. The first-order valence-electron chi connectivity index (χ1n) is 10.2. The molecule has 2 aromatic carbocycles. The van der Waals surface area contributed by atoms with Crippen molar-refractivity contribution in [2.75, 3.05) is 4.90 Å². The number of rotatable bonds is 4. The second kappa shape index (κ2) is 8.73. The topological polar surface area (TPSA) is 73.2 Å². The highest BCUT2D eigenvalue weighted by atomic mass is 35.5. The molecule has 6 heteroatoms. The lowest BCUT2D eigenvalue weighted by Gasteiger charge is -2.22. The van der Waals surface area contributed by atoms with Gasteiger partial charge >= 0.3 is 0 Å². The quantitative estimate of drug-likeness (QED) is 0.580. The van der Waals surface area contributed by atoms with Gasteiger partial charge in [-0.2, -0.15) is 5.26 Å². The van der Waals surface area contributed by atoms with Crippen molar-refractivity contribution in [3.05, 3.63) is 70.3 Å². The van der Waals surface area contributed by atoms with Crippen LogP contribution in [0.2, 0.25) is 5.02 Å². The summed E-state index contributed by atoms with van der Waals surface area (Å²) in [7, 11) is 0. The maximum absolute atomic E-state index is 13.3. The van der Waals surface area contributed by atoms with Crippen molar-refractivity contribution in [1.29, 1.82) is 5.26 Å². The summed E-state index contributed by atoms with van der Waals surface area (Å²) < 4.78 is 0. The van der Waals surface area contributed by atoms with E-state index < -0.39 is 5.91 Å². The van der Waals surface area contributed by atoms with E-state index in [1.807, 2.05) is 36.4 Å². The highest BCUT2D eigenvalue weighted by Crippen LogP contribution is 2.39. The summed E-state index contributed by atoms with van der Waals surface area (Å²) in [6.07, 6.45) is 5.13. The van der Waals surface area contributed by atoms with Crippen molar-refractivity contribution < 1.29 is 9.59 Å². The molecule has 0 spiro atoms. The van der Waals surface area contributed by atoms with Crippen LogP contribution < -0.4 is 10.2 Å². The second-order valence-corrected chi connectivity index (χ2v) is 8.14. The Hall–Kier alpha value is -3.10. The van der Waals surface area contributed by atoms with Gasteiger partial charge in [0.05, 0.1) is 17.8 Å². The number of nitrogens with one attached hydrogen (secondary N) is 1. The van der Waals surface area contributed by atoms with E-state index in [0.29, 0.717) is 22.8 Å². The minimum Gasteiger partial charge on any atom is -0.349 e. The van der Waals surface area contributed by atoms with Gasteiger partial charge in [0.15, 0.2) is 0 Å². The molecule has 1 N–H and O–H groups in total. The van der Waals surface area contributed by atoms with Crippen LogP contribution in [-0.4, -0.2) is 17.9 Å². The molecule has 2 aromatic rings. The number of nitriles is 1. The van der Waals surface area contributed by atoms with E-state index in [9.17, 15) is 14.9 Å². The van der Waals surface area contributed by atoms with Gasteiger partial charge in [0.25, 0.3) is 11.8 Å². The standard InChI is InChI=1S/C24H22ClN3O2/c25-17-12-10-16(11-13-17)15-28-21-9-5-4-8-19(21)22(24(28)30)20(14-26)23(29)27-18-6-2-1-3-7-18/h4-5,8-13,18H,1-3,6-7,15H2,(H,27,29)/b22-20+. The summed E-state index contributed by atoms with van der Waals surface area (Å²) in [6.45, 7) is 0.333. The minimum absolute atomic E-state index is 0.0621. The summed E-state index contributed by atoms with van der Waals surface area (Å²) in [4.78, 5) is 27.9. The first-order chi connectivity index (χ1) is 14.6. The fourth-order valence-corrected chi connectivity index (χ4v) is 4.30. The Balaban J connectivity index is 1.68. The Bertz CT molecular complexity index is 1050. The maximum Gasteiger partial charge on any atom is 0.263 e. The van der Waals surface area contributed by atoms with Gasteiger partial charge in [0.1, 0.15) is 11.6 Å². The number of hydrogen-bond donors (Lipinski definition) is 1. The lowest BCUT2D eigenvalue weighted by atomic mass is 9.94. The molecule has 4 rings (SSSR count). The average Bonchev–Trinajstić information content (AvgIpc) is 3.03. The molecular formula is C24H22ClN3O2. The van der Waals surface area contributed by atoms with E-state index in [4.69, 9.17) is 11.6 Å². The Kier molecular flexibility index (Phi) is 5.87. The normalized spacial score (nSPS) is 18.0. The molecule has 2 aliphatic rings. The Morgan fingerprint density at radius 2 is 1.80 bits per heavy atom. The molecule has 0 saturated heterocycles. The second-order valence-electron chi connectivity index (χ2n) is 7.71. The first-order valence-corrected chi connectivity index (χ1v) is 10.6. The van der Waals surface area contributed by atoms with E-state index in [1.54, 1.807) is 23.1 Å². The molecule has 1 heterocycles. The van der Waals surface area contributed by atoms with Gasteiger partial charge in [-0.25, -0.2) is 0 Å². The molecule has 152 valence electrons. The van der Waals surface area contributed by atoms with Gasteiger partial charge in [-0.05, 0) is 36.6 Å². The predicted octanol–water partition coefficient (Wildman–Crippen LogP) is 4.61. The summed E-state index contributed by atoms with van der Waals surface area (Å²) in [6, 6.07) is 16.6. The highest BCUT2D eigenvalue weighted by molar-refractivity contribution is 6.37. The van der Waals surface area contributed by atoms with Crippen LogP contribution in [0.15, 0.2) is 54.1 Å². The van der Waals surface area contributed by atoms with Crippen LogP contribution >= 0.6 is 11.6 Å². The molecule has 2 amide bonds. The molecule has 0 aromatic heterocycles. The van der Waals surface area contributed by atoms with Crippen LogP contribution in [0.5, 0.6) is 0 Å². The maximum atomic E-state index is 13.3. The number of halogens is 1. The molecule has 0 unspecified atom stereocenters. The number of hydrogen-bond acceptors (Lipinski definition) is 3. The van der Waals surface area contributed by atoms with Gasteiger partial charge in [0.2, 0.25) is 0 Å². The lowest BCUT2D eigenvalue weighted by Crippen LogP contribution is -2.37. The Labute approximate surface area is 180 Å². The molecule has 30 heavy (non-hydrogen) atoms. The van der Waals surface area contributed by atoms with Crippen molar-refractivity contribution >= 4 is 34.7 Å². The van der Waals surface area contributed by atoms with Crippen molar-refractivity contribution in [2.45, 2.75) is 44.7 Å². The van der Waals surface area contributed by atoms with Crippen LogP contribution in [-0.2, 0) is 16.1 Å². The highest BCUT2D eigenvalue weighted by Gasteiger charge is 2.36. The zero-order chi connectivity index (χ0) is 21.1. The number of carbonyl (C=O) groups is 2. The van der Waals surface area contributed by atoms with E-state index in [2.05, 4.69) is 5.32 Å². The third kappa shape index (κ3) is 3.96. The Morgan fingerprint density at radius 1 is 1.10 bits per heavy atom. The van der Waals surface area contributed by atoms with Crippen LogP contribution in [0.25, 0.3) is 5.57 Å². The SMILES string of the molecule is N#C/C(C(=O)NC1CCCCC1)=C1\C(=O)N(Cc2ccc(Cl)cc2)c2ccccc21. The summed E-state index contributed by atoms with van der Waals surface area (Å²) in [5.74, 6) is -0.794. The van der Waals surface area contributed by atoms with Gasteiger partial charge in [0, 0.05) is 16.6 Å². The zero-order valence-electron chi connectivity index (χ0n) is 16.5. The van der Waals surface area contributed by atoms with E-state index >= 15 is 0 Å². The van der Waals surface area contributed by atoms with Gasteiger partial charge in [-0.1, -0.05) is 61.2 Å². The molecule has 1 aliphatic heterocycles. The van der Waals surface area contributed by atoms with Gasteiger partial charge in [-0.15, -0.1) is 0 Å². The number of para-hydroxylation sites is 1. The summed E-state index contributed by atoms with van der Waals surface area (Å²) in [5, 5.41) is 13.4. The van der Waals surface area contributed by atoms with Crippen molar-refractivity contribution in [2.24, 2.45) is 0 Å². The van der Waals surface area contributed by atoms with Crippen molar-refractivity contribution in [3.8, 4) is 6.07 Å². The van der Waals surface area contributed by atoms with Gasteiger partial charge in [-0.3, -0.25) is 9.59 Å². The molecule has 0 atom stereocenters. The van der Waals surface area contributed by atoms with Crippen LogP contribution in [0.1, 0.15) is 43.2 Å². The van der Waals surface area contributed by atoms with Crippen LogP contribution in [0, 0.1) is 11.3 Å². The molecule has 1 fully saturated rings. The minimum atomic E-state index is -0.462. The van der Waals surface area contributed by atoms with Crippen molar-refractivity contribution in [3.63, 3.8) is 0 Å². The number of benzene rings is 2. The molecule has 1 saturated carbocycles. The molecule has 5 nitrogen and oxygen atoms in total. The predicted molar refractivity (Wildman–Crippen MR) is 117 cm³/mol. The monoisotopic (exact) mass is 419 g/mol. The fourth-order valence-electron chi connectivity index (χ4n) is 4.18. The van der Waals surface area contributed by atoms with Crippen LogP contribution in [0.4, 0.5) is 5.69 Å². The molecular weight excluding hydrogens is 398 g/mol. The van der Waals surface area contributed by atoms with E-state index in [0.717, 1.165) is 31.2 Å². The number of anilines is 1. The zero-order valence-corrected chi connectivity index (χ0v) is 17.3. The smallest absolute Gasteiger partial charge is 0.263 e. The van der Waals surface area contributed by atoms with Crippen molar-refractivity contribution in [1.82, 2.24) is 5.32 Å². The molecule has 1 aliphatic carbocycles.